The van der Waals surface area contributed by atoms with Crippen molar-refractivity contribution in [3.8, 4) is 5.69 Å². The van der Waals surface area contributed by atoms with Crippen LogP contribution in [0.3, 0.4) is 0 Å². The minimum Gasteiger partial charge on any atom is -0.375 e. The van der Waals surface area contributed by atoms with Crippen molar-refractivity contribution in [1.82, 2.24) is 24.6 Å². The number of nitro groups is 1. The van der Waals surface area contributed by atoms with Crippen LogP contribution in [-0.2, 0) is 11.3 Å². The van der Waals surface area contributed by atoms with Crippen molar-refractivity contribution < 1.29 is 9.72 Å². The molecule has 1 amide bonds. The maximum absolute atomic E-state index is 12.9. The maximum atomic E-state index is 12.9. The van der Waals surface area contributed by atoms with Crippen LogP contribution in [0, 0.1) is 10.1 Å². The van der Waals surface area contributed by atoms with Crippen molar-refractivity contribution in [2.45, 2.75) is 13.0 Å². The van der Waals surface area contributed by atoms with E-state index < -0.39 is 10.5 Å². The Morgan fingerprint density at radius 3 is 2.65 bits per heavy atom. The molecule has 2 aromatic heterocycles. The first kappa shape index (κ1) is 22.6. The molecule has 0 saturated heterocycles. The number of amides is 1. The zero-order chi connectivity index (χ0) is 24.1. The highest BCUT2D eigenvalue weighted by molar-refractivity contribution is 5.78. The molecule has 0 spiro atoms. The summed E-state index contributed by atoms with van der Waals surface area (Å²) in [6.45, 7) is 1.05. The summed E-state index contributed by atoms with van der Waals surface area (Å²) in [5.74, 6) is -0.309. The van der Waals surface area contributed by atoms with Gasteiger partial charge in [-0.1, -0.05) is 30.3 Å². The maximum Gasteiger partial charge on any atom is 0.294 e. The van der Waals surface area contributed by atoms with Crippen molar-refractivity contribution in [1.29, 1.82) is 0 Å². The van der Waals surface area contributed by atoms with E-state index in [0.717, 1.165) is 18.7 Å². The van der Waals surface area contributed by atoms with Crippen molar-refractivity contribution in [3.05, 3.63) is 87.6 Å². The molecule has 34 heavy (non-hydrogen) atoms. The number of para-hydroxylation sites is 3. The van der Waals surface area contributed by atoms with Gasteiger partial charge in [0, 0.05) is 31.9 Å². The minimum atomic E-state index is -0.522. The highest BCUT2D eigenvalue weighted by Crippen LogP contribution is 2.23. The third-order valence-corrected chi connectivity index (χ3v) is 5.36. The van der Waals surface area contributed by atoms with Crippen LogP contribution in [0.25, 0.3) is 16.7 Å². The number of rotatable bonds is 9. The lowest BCUT2D eigenvalue weighted by Crippen LogP contribution is -2.34. The Bertz CT molecular complexity index is 1380. The molecule has 0 fully saturated rings. The molecule has 174 valence electrons. The molecule has 4 rings (SSSR count). The molecule has 0 aliphatic heterocycles. The molecule has 0 aliphatic rings. The number of nitro benzene ring substituents is 1. The van der Waals surface area contributed by atoms with Gasteiger partial charge >= 0.3 is 0 Å². The second kappa shape index (κ2) is 9.94. The van der Waals surface area contributed by atoms with Crippen LogP contribution in [0.4, 0.5) is 11.4 Å². The topological polar surface area (TPSA) is 128 Å². The van der Waals surface area contributed by atoms with Gasteiger partial charge in [-0.2, -0.15) is 5.10 Å². The first-order valence-electron chi connectivity index (χ1n) is 10.7. The van der Waals surface area contributed by atoms with E-state index in [4.69, 9.17) is 0 Å². The molecular formula is C23H23N7O4. The van der Waals surface area contributed by atoms with E-state index in [-0.39, 0.29) is 34.9 Å². The quantitative estimate of drug-likeness (QED) is 0.230. The van der Waals surface area contributed by atoms with Gasteiger partial charge in [0.2, 0.25) is 5.91 Å². The number of hydrogen-bond donors (Lipinski definition) is 1. The summed E-state index contributed by atoms with van der Waals surface area (Å²) in [6.07, 6.45) is 3.29. The average molecular weight is 461 g/mol. The van der Waals surface area contributed by atoms with Gasteiger partial charge in [-0.05, 0) is 24.6 Å². The number of aromatic nitrogens is 4. The standard InChI is InChI=1S/C23H23N7O4/c1-27(17-8-3-2-4-9-17)13-7-12-24-21(31)15-28-16-25-22-18(23(28)32)14-26-29(22)19-10-5-6-11-20(19)30(33)34/h2-6,8-11,14,16H,7,12-13,15H2,1H3,(H,24,31). The van der Waals surface area contributed by atoms with Gasteiger partial charge in [-0.15, -0.1) is 0 Å². The Hall–Kier alpha value is -4.54. The molecule has 11 nitrogen and oxygen atoms in total. The Labute approximate surface area is 194 Å². The van der Waals surface area contributed by atoms with E-state index in [1.807, 2.05) is 37.4 Å². The molecule has 0 bridgehead atoms. The van der Waals surface area contributed by atoms with Gasteiger partial charge in [-0.25, -0.2) is 9.67 Å². The number of anilines is 1. The number of carbonyl (C=O) groups is 1. The Morgan fingerprint density at radius 2 is 1.88 bits per heavy atom. The Balaban J connectivity index is 1.41. The van der Waals surface area contributed by atoms with Crippen molar-refractivity contribution in [3.63, 3.8) is 0 Å². The first-order chi connectivity index (χ1) is 16.5. The van der Waals surface area contributed by atoms with Gasteiger partial charge < -0.3 is 10.2 Å². The molecule has 2 aromatic carbocycles. The highest BCUT2D eigenvalue weighted by atomic mass is 16.6. The molecule has 2 heterocycles. The van der Waals surface area contributed by atoms with Crippen LogP contribution >= 0.6 is 0 Å². The summed E-state index contributed by atoms with van der Waals surface area (Å²) in [7, 11) is 1.99. The molecule has 1 N–H and O–H groups in total. The fourth-order valence-corrected chi connectivity index (χ4v) is 3.60. The molecule has 0 radical (unpaired) electrons. The van der Waals surface area contributed by atoms with Gasteiger partial charge in [0.1, 0.15) is 23.9 Å². The largest absolute Gasteiger partial charge is 0.375 e. The lowest BCUT2D eigenvalue weighted by molar-refractivity contribution is -0.384. The summed E-state index contributed by atoms with van der Waals surface area (Å²) in [5, 5.41) is 18.4. The molecular weight excluding hydrogens is 438 g/mol. The smallest absolute Gasteiger partial charge is 0.294 e. The fraction of sp³-hybridized carbons (Fsp3) is 0.217. The van der Waals surface area contributed by atoms with E-state index in [1.54, 1.807) is 12.1 Å². The summed E-state index contributed by atoms with van der Waals surface area (Å²) in [4.78, 5) is 42.4. The molecule has 0 unspecified atom stereocenters. The molecule has 11 heteroatoms. The number of fused-ring (bicyclic) bond motifs is 1. The van der Waals surface area contributed by atoms with E-state index in [9.17, 15) is 19.7 Å². The summed E-state index contributed by atoms with van der Waals surface area (Å²) in [5.41, 5.74) is 0.871. The zero-order valence-corrected chi connectivity index (χ0v) is 18.5. The van der Waals surface area contributed by atoms with Gasteiger partial charge in [0.15, 0.2) is 5.65 Å². The van der Waals surface area contributed by atoms with Gasteiger partial charge in [-0.3, -0.25) is 24.3 Å². The van der Waals surface area contributed by atoms with E-state index in [0.29, 0.717) is 6.54 Å². The minimum absolute atomic E-state index is 0.157. The zero-order valence-electron chi connectivity index (χ0n) is 18.5. The lowest BCUT2D eigenvalue weighted by Gasteiger charge is -2.19. The van der Waals surface area contributed by atoms with Crippen molar-refractivity contribution in [2.24, 2.45) is 0 Å². The van der Waals surface area contributed by atoms with E-state index in [2.05, 4.69) is 20.3 Å². The Kier molecular flexibility index (Phi) is 6.62. The fourth-order valence-electron chi connectivity index (χ4n) is 3.60. The third kappa shape index (κ3) is 4.77. The molecule has 4 aromatic rings. The van der Waals surface area contributed by atoms with Crippen LogP contribution < -0.4 is 15.8 Å². The SMILES string of the molecule is CN(CCCNC(=O)Cn1cnc2c(cnn2-c2ccccc2[N+](=O)[O-])c1=O)c1ccccc1. The van der Waals surface area contributed by atoms with Crippen molar-refractivity contribution >= 4 is 28.3 Å². The van der Waals surface area contributed by atoms with Gasteiger partial charge in [0.25, 0.3) is 11.2 Å². The van der Waals surface area contributed by atoms with Crippen LogP contribution in [0.2, 0.25) is 0 Å². The van der Waals surface area contributed by atoms with E-state index in [1.165, 1.54) is 33.9 Å². The van der Waals surface area contributed by atoms with Crippen molar-refractivity contribution in [2.75, 3.05) is 25.0 Å². The van der Waals surface area contributed by atoms with E-state index >= 15 is 0 Å². The molecule has 0 atom stereocenters. The summed E-state index contributed by atoms with van der Waals surface area (Å²) < 4.78 is 2.45. The monoisotopic (exact) mass is 461 g/mol. The first-order valence-corrected chi connectivity index (χ1v) is 10.7. The molecule has 0 saturated carbocycles. The number of nitrogens with zero attached hydrogens (tertiary/aromatic N) is 6. The second-order valence-corrected chi connectivity index (χ2v) is 7.68. The normalized spacial score (nSPS) is 10.9. The van der Waals surface area contributed by atoms with Crippen LogP contribution in [-0.4, -0.2) is 50.3 Å². The predicted octanol–water partition coefficient (Wildman–Crippen LogP) is 2.13. The second-order valence-electron chi connectivity index (χ2n) is 7.68. The lowest BCUT2D eigenvalue weighted by atomic mass is 10.2. The number of carbonyl (C=O) groups excluding carboxylic acids is 1. The number of benzene rings is 2. The predicted molar refractivity (Wildman–Crippen MR) is 127 cm³/mol. The highest BCUT2D eigenvalue weighted by Gasteiger charge is 2.19. The van der Waals surface area contributed by atoms with Crippen LogP contribution in [0.5, 0.6) is 0 Å². The molecule has 0 aliphatic carbocycles. The summed E-state index contributed by atoms with van der Waals surface area (Å²) >= 11 is 0. The summed E-state index contributed by atoms with van der Waals surface area (Å²) in [6, 6.07) is 16.0. The average Bonchev–Trinajstić information content (AvgIpc) is 3.28. The number of hydrogen-bond acceptors (Lipinski definition) is 7. The van der Waals surface area contributed by atoms with Gasteiger partial charge in [0.05, 0.1) is 11.1 Å². The number of nitrogens with one attached hydrogen (secondary N) is 1. The Morgan fingerprint density at radius 1 is 1.15 bits per heavy atom. The van der Waals surface area contributed by atoms with Crippen LogP contribution in [0.15, 0.2) is 71.9 Å². The van der Waals surface area contributed by atoms with Crippen LogP contribution in [0.1, 0.15) is 6.42 Å². The third-order valence-electron chi connectivity index (χ3n) is 5.36.